The molecule has 6 heteroatoms. The van der Waals surface area contributed by atoms with Gasteiger partial charge >= 0.3 is 5.97 Å². The summed E-state index contributed by atoms with van der Waals surface area (Å²) in [6, 6.07) is 7.36. The van der Waals surface area contributed by atoms with Crippen LogP contribution in [0.2, 0.25) is 0 Å². The number of piperazine rings is 1. The second-order valence-corrected chi connectivity index (χ2v) is 6.56. The smallest absolute Gasteiger partial charge is 0.344 e. The predicted molar refractivity (Wildman–Crippen MR) is 89.1 cm³/mol. The number of benzene rings is 1. The van der Waals surface area contributed by atoms with Gasteiger partial charge in [0.25, 0.3) is 0 Å². The Morgan fingerprint density at radius 2 is 1.86 bits per heavy atom. The Morgan fingerprint density at radius 1 is 1.23 bits per heavy atom. The number of carbonyl (C=O) groups is 1. The van der Waals surface area contributed by atoms with Gasteiger partial charge in [0.15, 0.2) is 6.61 Å². The van der Waals surface area contributed by atoms with E-state index in [0.717, 1.165) is 37.2 Å². The number of esters is 1. The van der Waals surface area contributed by atoms with E-state index in [9.17, 15) is 4.79 Å². The fourth-order valence-corrected chi connectivity index (χ4v) is 2.63. The largest absolute Gasteiger partial charge is 0.482 e. The molecule has 2 rings (SSSR count). The molecule has 122 valence electrons. The number of halogens is 1. The summed E-state index contributed by atoms with van der Waals surface area (Å²) in [6.07, 6.45) is -0.121. The topological polar surface area (TPSA) is 42.0 Å². The van der Waals surface area contributed by atoms with Crippen LogP contribution in [0.3, 0.4) is 0 Å². The number of rotatable bonds is 6. The SMILES string of the molecule is CC(CN1CCN(C)CC1)OC(=O)COc1ccc(Br)cc1. The normalized spacial score (nSPS) is 18.0. The summed E-state index contributed by atoms with van der Waals surface area (Å²) in [5, 5.41) is 0. The van der Waals surface area contributed by atoms with E-state index in [1.54, 1.807) is 0 Å². The van der Waals surface area contributed by atoms with Crippen LogP contribution in [0.1, 0.15) is 6.92 Å². The van der Waals surface area contributed by atoms with Crippen molar-refractivity contribution in [1.82, 2.24) is 9.80 Å². The van der Waals surface area contributed by atoms with Gasteiger partial charge in [-0.15, -0.1) is 0 Å². The zero-order chi connectivity index (χ0) is 15.9. The van der Waals surface area contributed by atoms with Gasteiger partial charge in [0, 0.05) is 37.2 Å². The molecule has 0 aliphatic carbocycles. The first-order valence-corrected chi connectivity index (χ1v) is 8.31. The lowest BCUT2D eigenvalue weighted by Crippen LogP contribution is -2.47. The Kier molecular flexibility index (Phi) is 6.67. The summed E-state index contributed by atoms with van der Waals surface area (Å²) in [5.41, 5.74) is 0. The van der Waals surface area contributed by atoms with Crippen LogP contribution >= 0.6 is 15.9 Å². The Labute approximate surface area is 140 Å². The number of hydrogen-bond acceptors (Lipinski definition) is 5. The number of ether oxygens (including phenoxy) is 2. The molecule has 1 fully saturated rings. The number of likely N-dealkylation sites (N-methyl/N-ethyl adjacent to an activating group) is 1. The lowest BCUT2D eigenvalue weighted by Gasteiger charge is -2.33. The Hall–Kier alpha value is -1.11. The summed E-state index contributed by atoms with van der Waals surface area (Å²) < 4.78 is 11.8. The lowest BCUT2D eigenvalue weighted by atomic mass is 10.3. The molecule has 5 nitrogen and oxygen atoms in total. The molecule has 0 spiro atoms. The molecule has 0 bridgehead atoms. The molecule has 0 amide bonds. The molecule has 1 aromatic carbocycles. The molecule has 1 aliphatic rings. The third-order valence-corrected chi connectivity index (χ3v) is 4.14. The third-order valence-electron chi connectivity index (χ3n) is 3.61. The van der Waals surface area contributed by atoms with Crippen LogP contribution in [0, 0.1) is 0 Å². The molecular weight excluding hydrogens is 348 g/mol. The van der Waals surface area contributed by atoms with Gasteiger partial charge in [-0.1, -0.05) is 15.9 Å². The molecular formula is C16H23BrN2O3. The second kappa shape index (κ2) is 8.50. The first-order valence-electron chi connectivity index (χ1n) is 7.51. The van der Waals surface area contributed by atoms with Crippen molar-refractivity contribution in [1.29, 1.82) is 0 Å². The molecule has 1 heterocycles. The van der Waals surface area contributed by atoms with Crippen LogP contribution < -0.4 is 4.74 Å². The highest BCUT2D eigenvalue weighted by Crippen LogP contribution is 2.16. The summed E-state index contributed by atoms with van der Waals surface area (Å²) in [7, 11) is 2.13. The fraction of sp³-hybridized carbons (Fsp3) is 0.562. The van der Waals surface area contributed by atoms with Gasteiger partial charge in [0.1, 0.15) is 11.9 Å². The van der Waals surface area contributed by atoms with Crippen LogP contribution in [-0.4, -0.2) is 68.3 Å². The van der Waals surface area contributed by atoms with E-state index in [-0.39, 0.29) is 18.7 Å². The Morgan fingerprint density at radius 3 is 2.50 bits per heavy atom. The highest BCUT2D eigenvalue weighted by molar-refractivity contribution is 9.10. The van der Waals surface area contributed by atoms with Gasteiger partial charge < -0.3 is 14.4 Å². The Bertz CT molecular complexity index is 473. The molecule has 1 aromatic rings. The molecule has 22 heavy (non-hydrogen) atoms. The lowest BCUT2D eigenvalue weighted by molar-refractivity contribution is -0.151. The van der Waals surface area contributed by atoms with Gasteiger partial charge in [0.05, 0.1) is 0 Å². The number of carbonyl (C=O) groups excluding carboxylic acids is 1. The van der Waals surface area contributed by atoms with Gasteiger partial charge in [-0.3, -0.25) is 4.90 Å². The maximum absolute atomic E-state index is 11.8. The molecule has 0 aromatic heterocycles. The summed E-state index contributed by atoms with van der Waals surface area (Å²) in [4.78, 5) is 16.4. The Balaban J connectivity index is 1.66. The molecule has 0 N–H and O–H groups in total. The maximum atomic E-state index is 11.8. The van der Waals surface area contributed by atoms with E-state index >= 15 is 0 Å². The van der Waals surface area contributed by atoms with Crippen LogP contribution in [0.4, 0.5) is 0 Å². The molecule has 1 unspecified atom stereocenters. The number of nitrogens with zero attached hydrogens (tertiary/aromatic N) is 2. The maximum Gasteiger partial charge on any atom is 0.344 e. The van der Waals surface area contributed by atoms with E-state index in [1.807, 2.05) is 31.2 Å². The third kappa shape index (κ3) is 5.94. The second-order valence-electron chi connectivity index (χ2n) is 5.65. The number of hydrogen-bond donors (Lipinski definition) is 0. The van der Waals surface area contributed by atoms with Crippen molar-refractivity contribution >= 4 is 21.9 Å². The molecule has 0 radical (unpaired) electrons. The monoisotopic (exact) mass is 370 g/mol. The van der Waals surface area contributed by atoms with E-state index < -0.39 is 0 Å². The van der Waals surface area contributed by atoms with Gasteiger partial charge in [0.2, 0.25) is 0 Å². The van der Waals surface area contributed by atoms with Crippen molar-refractivity contribution < 1.29 is 14.3 Å². The van der Waals surface area contributed by atoms with E-state index in [2.05, 4.69) is 32.8 Å². The van der Waals surface area contributed by atoms with Crippen molar-refractivity contribution in [2.45, 2.75) is 13.0 Å². The van der Waals surface area contributed by atoms with E-state index in [0.29, 0.717) is 5.75 Å². The molecule has 1 atom stereocenters. The molecule has 1 saturated heterocycles. The first-order chi connectivity index (χ1) is 10.5. The van der Waals surface area contributed by atoms with Crippen molar-refractivity contribution in [3.8, 4) is 5.75 Å². The first kappa shape index (κ1) is 17.2. The minimum absolute atomic E-state index is 0.0608. The minimum Gasteiger partial charge on any atom is -0.482 e. The standard InChI is InChI=1S/C16H23BrN2O3/c1-13(11-19-9-7-18(2)8-10-19)22-16(20)12-21-15-5-3-14(17)4-6-15/h3-6,13H,7-12H2,1-2H3. The van der Waals surface area contributed by atoms with Gasteiger partial charge in [-0.25, -0.2) is 4.79 Å². The fourth-order valence-electron chi connectivity index (χ4n) is 2.36. The van der Waals surface area contributed by atoms with Crippen LogP contribution in [0.15, 0.2) is 28.7 Å². The van der Waals surface area contributed by atoms with Crippen molar-refractivity contribution in [2.24, 2.45) is 0 Å². The zero-order valence-corrected chi connectivity index (χ0v) is 14.7. The highest BCUT2D eigenvalue weighted by Gasteiger charge is 2.18. The molecule has 1 aliphatic heterocycles. The quantitative estimate of drug-likeness (QED) is 0.716. The van der Waals surface area contributed by atoms with Crippen molar-refractivity contribution in [3.05, 3.63) is 28.7 Å². The minimum atomic E-state index is -0.329. The highest BCUT2D eigenvalue weighted by atomic mass is 79.9. The average molecular weight is 371 g/mol. The van der Waals surface area contributed by atoms with Crippen LogP contribution in [-0.2, 0) is 9.53 Å². The van der Waals surface area contributed by atoms with E-state index in [1.165, 1.54) is 0 Å². The summed E-state index contributed by atoms with van der Waals surface area (Å²) in [6.45, 7) is 6.81. The summed E-state index contributed by atoms with van der Waals surface area (Å²) in [5.74, 6) is 0.330. The predicted octanol–water partition coefficient (Wildman–Crippen LogP) is 2.01. The van der Waals surface area contributed by atoms with E-state index in [4.69, 9.17) is 9.47 Å². The summed E-state index contributed by atoms with van der Waals surface area (Å²) >= 11 is 3.35. The zero-order valence-electron chi connectivity index (χ0n) is 13.1. The van der Waals surface area contributed by atoms with Gasteiger partial charge in [-0.2, -0.15) is 0 Å². The average Bonchev–Trinajstić information content (AvgIpc) is 2.49. The van der Waals surface area contributed by atoms with Crippen molar-refractivity contribution in [3.63, 3.8) is 0 Å². The molecule has 0 saturated carbocycles. The van der Waals surface area contributed by atoms with Crippen LogP contribution in [0.25, 0.3) is 0 Å². The van der Waals surface area contributed by atoms with Crippen molar-refractivity contribution in [2.75, 3.05) is 46.4 Å². The van der Waals surface area contributed by atoms with Gasteiger partial charge in [-0.05, 0) is 38.2 Å². The van der Waals surface area contributed by atoms with Crippen LogP contribution in [0.5, 0.6) is 5.75 Å².